The summed E-state index contributed by atoms with van der Waals surface area (Å²) in [5, 5.41) is 5.32. The fourth-order valence-corrected chi connectivity index (χ4v) is 3.77. The molecule has 0 amide bonds. The Morgan fingerprint density at radius 2 is 0.886 bits per heavy atom. The average molecular weight is 784 g/mol. The molecular formula is C40H50Cl2Zr2-2. The Morgan fingerprint density at radius 1 is 0.568 bits per heavy atom. The van der Waals surface area contributed by atoms with Crippen molar-refractivity contribution in [3.8, 4) is 0 Å². The molecule has 0 nitrogen and oxygen atoms in total. The van der Waals surface area contributed by atoms with Gasteiger partial charge in [0.25, 0.3) is 0 Å². The molecule has 6 rings (SSSR count). The van der Waals surface area contributed by atoms with Gasteiger partial charge in [0.1, 0.15) is 0 Å². The number of fused-ring (bicyclic) bond motifs is 2. The van der Waals surface area contributed by atoms with Gasteiger partial charge in [0, 0.05) is 0 Å². The van der Waals surface area contributed by atoms with Crippen LogP contribution in [0.2, 0.25) is 0 Å². The van der Waals surface area contributed by atoms with Crippen LogP contribution >= 0.6 is 0 Å². The topological polar surface area (TPSA) is 0 Å². The van der Waals surface area contributed by atoms with Crippen molar-refractivity contribution in [1.29, 1.82) is 0 Å². The Hall–Kier alpha value is -1.03. The van der Waals surface area contributed by atoms with Crippen LogP contribution in [-0.2, 0) is 52.4 Å². The van der Waals surface area contributed by atoms with Gasteiger partial charge in [-0.25, -0.2) is 12.2 Å². The van der Waals surface area contributed by atoms with Crippen molar-refractivity contribution in [2.75, 3.05) is 0 Å². The SMILES string of the molecule is CC(C)C1=CC[C-]=C1.CC(C)C1=CC[C-]=C1.C[CH-]C.C[CH-]C.[Cl-].[Cl-].[Zr+3].[Zr+3].c1ccc2[cH-]ccc2c1.c1ccc2[cH-]ccc2c1. The molecule has 234 valence electrons. The van der Waals surface area contributed by atoms with Gasteiger partial charge in [-0.2, -0.15) is 86.0 Å². The van der Waals surface area contributed by atoms with Crippen molar-refractivity contribution in [2.24, 2.45) is 11.8 Å². The van der Waals surface area contributed by atoms with Crippen LogP contribution < -0.4 is 24.8 Å². The molecule has 0 N–H and O–H groups in total. The summed E-state index contributed by atoms with van der Waals surface area (Å²) in [4.78, 5) is 0. The van der Waals surface area contributed by atoms with E-state index in [1.54, 1.807) is 0 Å². The quantitative estimate of drug-likeness (QED) is 0.211. The first-order valence-corrected chi connectivity index (χ1v) is 14.6. The molecule has 2 radical (unpaired) electrons. The third kappa shape index (κ3) is 21.7. The van der Waals surface area contributed by atoms with Crippen LogP contribution in [-0.4, -0.2) is 0 Å². The van der Waals surface area contributed by atoms with Crippen LogP contribution in [0.4, 0.5) is 0 Å². The Balaban J connectivity index is -0.000000223. The zero-order valence-electron chi connectivity index (χ0n) is 27.9. The van der Waals surface area contributed by atoms with E-state index in [0.717, 1.165) is 12.8 Å². The van der Waals surface area contributed by atoms with Crippen molar-refractivity contribution in [3.63, 3.8) is 0 Å². The zero-order chi connectivity index (χ0) is 29.6. The van der Waals surface area contributed by atoms with Crippen molar-refractivity contribution in [2.45, 2.75) is 68.2 Å². The summed E-state index contributed by atoms with van der Waals surface area (Å²) in [5.74, 6) is 1.37. The second-order valence-corrected chi connectivity index (χ2v) is 10.3. The van der Waals surface area contributed by atoms with Gasteiger partial charge >= 0.3 is 52.4 Å². The van der Waals surface area contributed by atoms with Crippen LogP contribution in [0.5, 0.6) is 0 Å². The van der Waals surface area contributed by atoms with Gasteiger partial charge in [0.15, 0.2) is 0 Å². The number of allylic oxidation sites excluding steroid dienone is 8. The molecule has 44 heavy (non-hydrogen) atoms. The molecule has 4 heteroatoms. The molecule has 0 fully saturated rings. The first kappa shape index (κ1) is 49.8. The van der Waals surface area contributed by atoms with Crippen LogP contribution in [0.1, 0.15) is 68.2 Å². The molecule has 2 aliphatic rings. The Bertz CT molecular complexity index is 1140. The predicted octanol–water partition coefficient (Wildman–Crippen LogP) is 6.25. The Morgan fingerprint density at radius 3 is 1.11 bits per heavy atom. The molecule has 0 unspecified atom stereocenters. The van der Waals surface area contributed by atoms with E-state index < -0.39 is 0 Å². The molecular weight excluding hydrogens is 734 g/mol. The maximum atomic E-state index is 3.14. The molecule has 0 spiro atoms. The summed E-state index contributed by atoms with van der Waals surface area (Å²) in [6.07, 6.45) is 20.9. The summed E-state index contributed by atoms with van der Waals surface area (Å²) in [5.41, 5.74) is 2.87. The molecule has 0 saturated heterocycles. The summed E-state index contributed by atoms with van der Waals surface area (Å²) in [6.45, 7) is 16.8. The third-order valence-corrected chi connectivity index (χ3v) is 5.88. The average Bonchev–Trinajstić information content (AvgIpc) is 3.78. The van der Waals surface area contributed by atoms with Crippen LogP contribution in [0.15, 0.2) is 120 Å². The van der Waals surface area contributed by atoms with Gasteiger partial charge in [0.05, 0.1) is 0 Å². The van der Waals surface area contributed by atoms with E-state index in [-0.39, 0.29) is 77.2 Å². The summed E-state index contributed by atoms with van der Waals surface area (Å²) >= 11 is 0. The molecule has 2 aliphatic carbocycles. The van der Waals surface area contributed by atoms with Gasteiger partial charge < -0.3 is 37.7 Å². The van der Waals surface area contributed by atoms with Crippen LogP contribution in [0.3, 0.4) is 0 Å². The van der Waals surface area contributed by atoms with Crippen LogP contribution in [0.25, 0.3) is 21.5 Å². The van der Waals surface area contributed by atoms with Crippen LogP contribution in [0, 0.1) is 36.8 Å². The van der Waals surface area contributed by atoms with E-state index in [0.29, 0.717) is 11.8 Å². The van der Waals surface area contributed by atoms with Gasteiger partial charge in [0.2, 0.25) is 0 Å². The fraction of sp³-hybridized carbons (Fsp3) is 0.300. The predicted molar refractivity (Wildman–Crippen MR) is 181 cm³/mol. The number of halogens is 2. The van der Waals surface area contributed by atoms with Gasteiger partial charge in [-0.1, -0.05) is 51.7 Å². The number of rotatable bonds is 2. The fourth-order valence-electron chi connectivity index (χ4n) is 3.77. The van der Waals surface area contributed by atoms with Gasteiger partial charge in [-0.3, -0.25) is 12.2 Å². The monoisotopic (exact) mass is 780 g/mol. The second-order valence-electron chi connectivity index (χ2n) is 10.3. The first-order valence-electron chi connectivity index (χ1n) is 14.6. The first-order chi connectivity index (χ1) is 19.4. The molecule has 0 heterocycles. The number of hydrogen-bond donors (Lipinski definition) is 0. The normalized spacial score (nSPS) is 11.4. The second kappa shape index (κ2) is 31.9. The van der Waals surface area contributed by atoms with E-state index in [9.17, 15) is 0 Å². The third-order valence-electron chi connectivity index (χ3n) is 5.88. The molecule has 0 aromatic heterocycles. The summed E-state index contributed by atoms with van der Waals surface area (Å²) < 4.78 is 0. The molecule has 0 bridgehead atoms. The van der Waals surface area contributed by atoms with Crippen molar-refractivity contribution < 1.29 is 77.2 Å². The summed E-state index contributed by atoms with van der Waals surface area (Å²) in [6, 6.07) is 29.3. The standard InChI is InChI=1S/2C9H7.2C8H11.2C3H7.2ClH.2Zr/c2*1-2-5-9-7-3-6-8(9)4-1;2*1-7(2)8-5-3-4-6-8;2*1-3-2;;;;/h2*1-7H;2*5-7H,3H2,1-2H3;2*3H,1-2H3;2*1H;;/q6*-1;;;2*+3/p-2. The largest absolute Gasteiger partial charge is 3.00 e. The molecule has 0 aliphatic heterocycles. The molecule has 4 aromatic rings. The number of benzene rings is 2. The van der Waals surface area contributed by atoms with Crippen molar-refractivity contribution >= 4 is 21.5 Å². The minimum absolute atomic E-state index is 0. The molecule has 4 aromatic carbocycles. The van der Waals surface area contributed by atoms with E-state index >= 15 is 0 Å². The number of hydrogen-bond acceptors (Lipinski definition) is 0. The van der Waals surface area contributed by atoms with Crippen molar-refractivity contribution in [1.82, 2.24) is 0 Å². The summed E-state index contributed by atoms with van der Waals surface area (Å²) in [7, 11) is 0. The molecule has 0 atom stereocenters. The van der Waals surface area contributed by atoms with E-state index in [1.807, 2.05) is 40.5 Å². The molecule has 0 saturated carbocycles. The zero-order valence-corrected chi connectivity index (χ0v) is 34.3. The minimum atomic E-state index is 0. The smallest absolute Gasteiger partial charge is 1.00 e. The Labute approximate surface area is 321 Å². The van der Waals surface area contributed by atoms with E-state index in [2.05, 4.69) is 149 Å². The van der Waals surface area contributed by atoms with Gasteiger partial charge in [-0.05, 0) is 0 Å². The maximum Gasteiger partial charge on any atom is 3.00 e. The van der Waals surface area contributed by atoms with E-state index in [4.69, 9.17) is 0 Å². The minimum Gasteiger partial charge on any atom is -1.00 e. The van der Waals surface area contributed by atoms with Gasteiger partial charge in [-0.15, -0.1) is 72.1 Å². The Kier molecular flexibility index (Phi) is 36.2. The maximum absolute atomic E-state index is 3.14. The van der Waals surface area contributed by atoms with Crippen molar-refractivity contribution in [3.05, 3.63) is 145 Å². The van der Waals surface area contributed by atoms with E-state index in [1.165, 1.54) is 32.7 Å².